The predicted octanol–water partition coefficient (Wildman–Crippen LogP) is 3.04. The van der Waals surface area contributed by atoms with Crippen molar-refractivity contribution >= 4 is 48.1 Å². The number of benzene rings is 1. The second kappa shape index (κ2) is 5.58. The predicted molar refractivity (Wildman–Crippen MR) is 88.2 cm³/mol. The summed E-state index contributed by atoms with van der Waals surface area (Å²) in [5, 5.41) is 3.38. The highest BCUT2D eigenvalue weighted by atomic mass is 79.9. The molecule has 1 heterocycles. The van der Waals surface area contributed by atoms with E-state index in [1.54, 1.807) is 0 Å². The van der Waals surface area contributed by atoms with Gasteiger partial charge in [0, 0.05) is 11.0 Å². The standard InChI is InChI=1S/C13H14BrN3O2S2/c14-9-3-1-8(2-4-9)7-16-13-11(12(15)17-20-13)21(18,19)10-5-6-10/h1-4,10,16H,5-7H2,(H2,15,17). The van der Waals surface area contributed by atoms with Crippen LogP contribution in [-0.2, 0) is 16.4 Å². The fourth-order valence-electron chi connectivity index (χ4n) is 2.01. The number of aromatic nitrogens is 1. The number of nitrogens with zero attached hydrogens (tertiary/aromatic N) is 1. The van der Waals surface area contributed by atoms with E-state index in [1.165, 1.54) is 0 Å². The van der Waals surface area contributed by atoms with Crippen LogP contribution in [0.2, 0.25) is 0 Å². The zero-order valence-electron chi connectivity index (χ0n) is 11.0. The fourth-order valence-corrected chi connectivity index (χ4v) is 5.16. The van der Waals surface area contributed by atoms with Gasteiger partial charge in [-0.2, -0.15) is 4.37 Å². The molecule has 0 aliphatic heterocycles. The summed E-state index contributed by atoms with van der Waals surface area (Å²) in [5.41, 5.74) is 6.81. The molecule has 5 nitrogen and oxygen atoms in total. The number of nitrogen functional groups attached to an aromatic ring is 1. The highest BCUT2D eigenvalue weighted by molar-refractivity contribution is 9.10. The van der Waals surface area contributed by atoms with E-state index < -0.39 is 9.84 Å². The van der Waals surface area contributed by atoms with Gasteiger partial charge in [-0.25, -0.2) is 8.42 Å². The summed E-state index contributed by atoms with van der Waals surface area (Å²) in [7, 11) is -3.34. The van der Waals surface area contributed by atoms with Crippen LogP contribution in [-0.4, -0.2) is 18.0 Å². The first-order valence-electron chi connectivity index (χ1n) is 6.46. The number of anilines is 2. The van der Waals surface area contributed by atoms with E-state index in [9.17, 15) is 8.42 Å². The Morgan fingerprint density at radius 2 is 2.00 bits per heavy atom. The van der Waals surface area contributed by atoms with E-state index in [-0.39, 0.29) is 16.0 Å². The summed E-state index contributed by atoms with van der Waals surface area (Å²) in [6, 6.07) is 7.83. The van der Waals surface area contributed by atoms with Gasteiger partial charge >= 0.3 is 0 Å². The lowest BCUT2D eigenvalue weighted by atomic mass is 10.2. The molecule has 2 aromatic rings. The molecule has 0 unspecified atom stereocenters. The molecule has 0 saturated heterocycles. The lowest BCUT2D eigenvalue weighted by Crippen LogP contribution is -2.11. The molecule has 0 bridgehead atoms. The molecule has 112 valence electrons. The van der Waals surface area contributed by atoms with Crippen molar-refractivity contribution < 1.29 is 8.42 Å². The van der Waals surface area contributed by atoms with E-state index in [4.69, 9.17) is 5.73 Å². The van der Waals surface area contributed by atoms with Gasteiger partial charge in [-0.1, -0.05) is 28.1 Å². The molecule has 3 rings (SSSR count). The molecule has 8 heteroatoms. The van der Waals surface area contributed by atoms with Gasteiger partial charge < -0.3 is 11.1 Å². The maximum atomic E-state index is 12.4. The zero-order valence-corrected chi connectivity index (χ0v) is 14.3. The molecule has 0 atom stereocenters. The Labute approximate surface area is 135 Å². The van der Waals surface area contributed by atoms with Gasteiger partial charge in [-0.3, -0.25) is 0 Å². The van der Waals surface area contributed by atoms with Gasteiger partial charge in [0.05, 0.1) is 5.25 Å². The minimum Gasteiger partial charge on any atom is -0.382 e. The summed E-state index contributed by atoms with van der Waals surface area (Å²) in [4.78, 5) is 0.173. The number of rotatable bonds is 5. The van der Waals surface area contributed by atoms with Crippen molar-refractivity contribution in [1.82, 2.24) is 4.37 Å². The number of sulfone groups is 1. The van der Waals surface area contributed by atoms with Crippen LogP contribution in [0.3, 0.4) is 0 Å². The van der Waals surface area contributed by atoms with Crippen molar-refractivity contribution in [1.29, 1.82) is 0 Å². The van der Waals surface area contributed by atoms with Crippen molar-refractivity contribution in [2.45, 2.75) is 29.5 Å². The molecule has 0 amide bonds. The van der Waals surface area contributed by atoms with Crippen LogP contribution in [0.25, 0.3) is 0 Å². The Bertz CT molecular complexity index is 752. The average molecular weight is 388 g/mol. The minimum absolute atomic E-state index is 0.102. The van der Waals surface area contributed by atoms with Crippen molar-refractivity contribution in [3.05, 3.63) is 34.3 Å². The van der Waals surface area contributed by atoms with Crippen LogP contribution >= 0.6 is 27.5 Å². The van der Waals surface area contributed by atoms with Crippen LogP contribution in [0.1, 0.15) is 18.4 Å². The van der Waals surface area contributed by atoms with E-state index in [2.05, 4.69) is 25.6 Å². The monoisotopic (exact) mass is 387 g/mol. The summed E-state index contributed by atoms with van der Waals surface area (Å²) < 4.78 is 29.8. The maximum absolute atomic E-state index is 12.4. The highest BCUT2D eigenvalue weighted by Crippen LogP contribution is 2.41. The second-order valence-corrected chi connectivity index (χ2v) is 8.80. The molecule has 1 aromatic heterocycles. The molecule has 3 N–H and O–H groups in total. The van der Waals surface area contributed by atoms with E-state index in [1.807, 2.05) is 24.3 Å². The number of halogens is 1. The third kappa shape index (κ3) is 3.07. The van der Waals surface area contributed by atoms with Crippen LogP contribution < -0.4 is 11.1 Å². The molecule has 21 heavy (non-hydrogen) atoms. The number of nitrogens with one attached hydrogen (secondary N) is 1. The Morgan fingerprint density at radius 1 is 1.33 bits per heavy atom. The van der Waals surface area contributed by atoms with E-state index >= 15 is 0 Å². The number of nitrogens with two attached hydrogens (primary N) is 1. The largest absolute Gasteiger partial charge is 0.382 e. The Kier molecular flexibility index (Phi) is 3.94. The molecule has 1 saturated carbocycles. The van der Waals surface area contributed by atoms with Crippen LogP contribution in [0.15, 0.2) is 33.6 Å². The van der Waals surface area contributed by atoms with Crippen LogP contribution in [0.4, 0.5) is 10.8 Å². The summed E-state index contributed by atoms with van der Waals surface area (Å²) in [6.07, 6.45) is 1.42. The lowest BCUT2D eigenvalue weighted by Gasteiger charge is -2.08. The Morgan fingerprint density at radius 3 is 2.62 bits per heavy atom. The zero-order chi connectivity index (χ0) is 15.0. The molecule has 0 spiro atoms. The third-order valence-electron chi connectivity index (χ3n) is 3.29. The lowest BCUT2D eigenvalue weighted by molar-refractivity contribution is 0.595. The number of hydrogen-bond acceptors (Lipinski definition) is 6. The summed E-state index contributed by atoms with van der Waals surface area (Å²) in [6.45, 7) is 0.530. The first kappa shape index (κ1) is 14.8. The van der Waals surface area contributed by atoms with E-state index in [0.29, 0.717) is 24.4 Å². The molecule has 1 aromatic carbocycles. The van der Waals surface area contributed by atoms with Crippen LogP contribution in [0, 0.1) is 0 Å². The van der Waals surface area contributed by atoms with Gasteiger partial charge in [0.1, 0.15) is 9.90 Å². The van der Waals surface area contributed by atoms with Crippen molar-refractivity contribution in [2.75, 3.05) is 11.1 Å². The average Bonchev–Trinajstić information content (AvgIpc) is 3.23. The van der Waals surface area contributed by atoms with Gasteiger partial charge in [-0.15, -0.1) is 0 Å². The van der Waals surface area contributed by atoms with Crippen molar-refractivity contribution in [3.63, 3.8) is 0 Å². The molecule has 1 aliphatic rings. The quantitative estimate of drug-likeness (QED) is 0.823. The van der Waals surface area contributed by atoms with Crippen molar-refractivity contribution in [3.8, 4) is 0 Å². The Hall–Kier alpha value is -1.12. The van der Waals surface area contributed by atoms with Gasteiger partial charge in [0.2, 0.25) is 0 Å². The summed E-state index contributed by atoms with van der Waals surface area (Å²) in [5.74, 6) is 0.102. The molecule has 1 aliphatic carbocycles. The number of hydrogen-bond donors (Lipinski definition) is 2. The SMILES string of the molecule is Nc1nsc(NCc2ccc(Br)cc2)c1S(=O)(=O)C1CC1. The smallest absolute Gasteiger partial charge is 0.187 e. The molecule has 1 fully saturated rings. The molecular weight excluding hydrogens is 374 g/mol. The second-order valence-electron chi connectivity index (χ2n) is 4.95. The van der Waals surface area contributed by atoms with Gasteiger partial charge in [-0.05, 0) is 42.1 Å². The van der Waals surface area contributed by atoms with E-state index in [0.717, 1.165) is 21.6 Å². The molecular formula is C13H14BrN3O2S2. The highest BCUT2D eigenvalue weighted by Gasteiger charge is 2.40. The summed E-state index contributed by atoms with van der Waals surface area (Å²) >= 11 is 4.48. The Balaban J connectivity index is 1.82. The van der Waals surface area contributed by atoms with Crippen LogP contribution in [0.5, 0.6) is 0 Å². The normalized spacial score (nSPS) is 15.1. The molecule has 0 radical (unpaired) electrons. The van der Waals surface area contributed by atoms with Gasteiger partial charge in [0.15, 0.2) is 15.7 Å². The topological polar surface area (TPSA) is 85.1 Å². The maximum Gasteiger partial charge on any atom is 0.187 e. The fraction of sp³-hybridized carbons (Fsp3) is 0.308. The first-order valence-corrected chi connectivity index (χ1v) is 9.57. The minimum atomic E-state index is -3.34. The third-order valence-corrected chi connectivity index (χ3v) is 7.10. The van der Waals surface area contributed by atoms with Crippen molar-refractivity contribution in [2.24, 2.45) is 0 Å². The van der Waals surface area contributed by atoms with Gasteiger partial charge in [0.25, 0.3) is 0 Å². The first-order chi connectivity index (χ1) is 9.98.